The predicted octanol–water partition coefficient (Wildman–Crippen LogP) is 4.29. The molecule has 1 heterocycles. The van der Waals surface area contributed by atoms with Gasteiger partial charge in [0.05, 0.1) is 17.5 Å². The van der Waals surface area contributed by atoms with Gasteiger partial charge in [0.15, 0.2) is 0 Å². The van der Waals surface area contributed by atoms with Gasteiger partial charge in [0.2, 0.25) is 17.8 Å². The van der Waals surface area contributed by atoms with E-state index >= 15 is 0 Å². The van der Waals surface area contributed by atoms with E-state index in [9.17, 15) is 9.59 Å². The first-order chi connectivity index (χ1) is 13.6. The van der Waals surface area contributed by atoms with Crippen molar-refractivity contribution in [2.75, 3.05) is 10.6 Å². The van der Waals surface area contributed by atoms with Gasteiger partial charge in [-0.2, -0.15) is 0 Å². The number of anilines is 2. The van der Waals surface area contributed by atoms with Crippen molar-refractivity contribution in [3.05, 3.63) is 54.1 Å². The minimum Gasteiger partial charge on any atom is -0.326 e. The summed E-state index contributed by atoms with van der Waals surface area (Å²) < 4.78 is 2.19. The van der Waals surface area contributed by atoms with E-state index in [4.69, 9.17) is 0 Å². The van der Waals surface area contributed by atoms with E-state index in [1.165, 1.54) is 19.8 Å². The Morgan fingerprint density at radius 3 is 2.46 bits per heavy atom. The maximum absolute atomic E-state index is 12.7. The number of nitrogens with zero attached hydrogens (tertiary/aromatic N) is 2. The molecule has 3 aromatic rings. The number of amides is 2. The molecule has 1 aromatic heterocycles. The molecule has 28 heavy (non-hydrogen) atoms. The normalized spacial score (nSPS) is 14.3. The van der Waals surface area contributed by atoms with Gasteiger partial charge in [0, 0.05) is 18.7 Å². The third-order valence-corrected chi connectivity index (χ3v) is 5.18. The van der Waals surface area contributed by atoms with Crippen LogP contribution in [0, 0.1) is 0 Å². The zero-order valence-electron chi connectivity index (χ0n) is 15.9. The summed E-state index contributed by atoms with van der Waals surface area (Å²) in [5.74, 6) is 0.422. The van der Waals surface area contributed by atoms with E-state index in [0.717, 1.165) is 35.1 Å². The number of hydrogen-bond donors (Lipinski definition) is 2. The monoisotopic (exact) mass is 376 g/mol. The van der Waals surface area contributed by atoms with Crippen LogP contribution in [0.5, 0.6) is 0 Å². The van der Waals surface area contributed by atoms with Crippen LogP contribution >= 0.6 is 0 Å². The highest BCUT2D eigenvalue weighted by Gasteiger charge is 2.23. The number of carbonyl (C=O) groups is 2. The topological polar surface area (TPSA) is 76.0 Å². The zero-order valence-corrected chi connectivity index (χ0v) is 15.9. The summed E-state index contributed by atoms with van der Waals surface area (Å²) in [7, 11) is 0. The van der Waals surface area contributed by atoms with E-state index in [1.54, 1.807) is 12.1 Å². The number of fused-ring (bicyclic) bond motifs is 1. The van der Waals surface area contributed by atoms with Crippen molar-refractivity contribution in [3.8, 4) is 0 Å². The number of carbonyl (C=O) groups excluding carboxylic acids is 2. The molecule has 1 aliphatic carbocycles. The van der Waals surface area contributed by atoms with Gasteiger partial charge in [-0.15, -0.1) is 0 Å². The molecule has 1 aliphatic rings. The second-order valence-electron chi connectivity index (χ2n) is 7.34. The Bertz CT molecular complexity index is 1000. The molecule has 2 amide bonds. The van der Waals surface area contributed by atoms with E-state index in [1.807, 2.05) is 30.3 Å². The molecule has 4 rings (SSSR count). The fourth-order valence-corrected chi connectivity index (χ4v) is 3.93. The van der Waals surface area contributed by atoms with Gasteiger partial charge in [0.25, 0.3) is 0 Å². The molecule has 6 nitrogen and oxygen atoms in total. The molecule has 6 heteroatoms. The smallest absolute Gasteiger partial charge is 0.231 e. The number of rotatable bonds is 5. The number of benzene rings is 2. The Morgan fingerprint density at radius 2 is 1.75 bits per heavy atom. The Balaban J connectivity index is 1.52. The summed E-state index contributed by atoms with van der Waals surface area (Å²) in [4.78, 5) is 28.4. The van der Waals surface area contributed by atoms with Gasteiger partial charge < -0.3 is 9.88 Å². The van der Waals surface area contributed by atoms with Crippen LogP contribution < -0.4 is 10.6 Å². The van der Waals surface area contributed by atoms with Crippen LogP contribution in [-0.4, -0.2) is 21.4 Å². The van der Waals surface area contributed by atoms with Crippen LogP contribution in [0.25, 0.3) is 11.0 Å². The number of hydrogen-bond acceptors (Lipinski definition) is 3. The Morgan fingerprint density at radius 1 is 1.04 bits per heavy atom. The molecule has 2 aromatic carbocycles. The first-order valence-electron chi connectivity index (χ1n) is 9.73. The molecule has 1 fully saturated rings. The summed E-state index contributed by atoms with van der Waals surface area (Å²) in [5.41, 5.74) is 3.59. The molecule has 0 spiro atoms. The quantitative estimate of drug-likeness (QED) is 0.697. The van der Waals surface area contributed by atoms with Crippen LogP contribution in [0.2, 0.25) is 0 Å². The lowest BCUT2D eigenvalue weighted by Crippen LogP contribution is -2.19. The Hall–Kier alpha value is -3.15. The lowest BCUT2D eigenvalue weighted by Gasteiger charge is -2.16. The molecule has 0 atom stereocenters. The van der Waals surface area contributed by atoms with Crippen LogP contribution in [0.3, 0.4) is 0 Å². The lowest BCUT2D eigenvalue weighted by atomic mass is 10.1. The maximum Gasteiger partial charge on any atom is 0.231 e. The average Bonchev–Trinajstić information content (AvgIpc) is 3.29. The molecule has 144 valence electrons. The van der Waals surface area contributed by atoms with Crippen molar-refractivity contribution in [2.45, 2.75) is 45.1 Å². The first kappa shape index (κ1) is 18.2. The molecule has 1 saturated carbocycles. The maximum atomic E-state index is 12.7. The van der Waals surface area contributed by atoms with Gasteiger partial charge in [-0.25, -0.2) is 4.98 Å². The van der Waals surface area contributed by atoms with Gasteiger partial charge >= 0.3 is 0 Å². The Kier molecular flexibility index (Phi) is 5.10. The minimum absolute atomic E-state index is 0.0955. The van der Waals surface area contributed by atoms with Gasteiger partial charge in [-0.3, -0.25) is 14.9 Å². The highest BCUT2D eigenvalue weighted by molar-refractivity contribution is 5.93. The third-order valence-electron chi connectivity index (χ3n) is 5.18. The van der Waals surface area contributed by atoms with Gasteiger partial charge in [-0.05, 0) is 42.7 Å². The van der Waals surface area contributed by atoms with Crippen LogP contribution in [0.15, 0.2) is 48.5 Å². The molecule has 0 radical (unpaired) electrons. The van der Waals surface area contributed by atoms with Gasteiger partial charge in [-0.1, -0.05) is 37.1 Å². The molecule has 0 bridgehead atoms. The lowest BCUT2D eigenvalue weighted by molar-refractivity contribution is -0.116. The van der Waals surface area contributed by atoms with E-state index in [2.05, 4.69) is 26.3 Å². The summed E-state index contributed by atoms with van der Waals surface area (Å²) >= 11 is 0. The zero-order chi connectivity index (χ0) is 19.5. The van der Waals surface area contributed by atoms with Crippen molar-refractivity contribution >= 4 is 34.5 Å². The highest BCUT2D eigenvalue weighted by Crippen LogP contribution is 2.35. The summed E-state index contributed by atoms with van der Waals surface area (Å²) in [6.07, 6.45) is 4.92. The SMILES string of the molecule is CC(=O)Nc1ccc(CC(=O)Nc2nc3ccccc3n2C2CCCC2)cc1. The van der Waals surface area contributed by atoms with Crippen molar-refractivity contribution in [2.24, 2.45) is 0 Å². The van der Waals surface area contributed by atoms with Crippen molar-refractivity contribution in [1.82, 2.24) is 9.55 Å². The standard InChI is InChI=1S/C22H24N4O2/c1-15(27)23-17-12-10-16(11-13-17)14-21(28)25-22-24-19-8-4-5-9-20(19)26(22)18-6-2-3-7-18/h4-5,8-13,18H,2-3,6-7,14H2,1H3,(H,23,27)(H,24,25,28). The molecule has 0 unspecified atom stereocenters. The number of imidazole rings is 1. The highest BCUT2D eigenvalue weighted by atomic mass is 16.2. The third kappa shape index (κ3) is 3.91. The number of nitrogens with one attached hydrogen (secondary N) is 2. The van der Waals surface area contributed by atoms with E-state index < -0.39 is 0 Å². The van der Waals surface area contributed by atoms with Crippen LogP contribution in [0.1, 0.15) is 44.2 Å². The van der Waals surface area contributed by atoms with Crippen molar-refractivity contribution in [3.63, 3.8) is 0 Å². The summed E-state index contributed by atoms with van der Waals surface area (Å²) in [6.45, 7) is 1.47. The fraction of sp³-hybridized carbons (Fsp3) is 0.318. The largest absolute Gasteiger partial charge is 0.326 e. The number of para-hydroxylation sites is 2. The molecular formula is C22H24N4O2. The van der Waals surface area contributed by atoms with Crippen LogP contribution in [-0.2, 0) is 16.0 Å². The minimum atomic E-state index is -0.115. The molecule has 0 saturated heterocycles. The van der Waals surface area contributed by atoms with Crippen molar-refractivity contribution in [1.29, 1.82) is 0 Å². The first-order valence-corrected chi connectivity index (χ1v) is 9.73. The summed E-state index contributed by atoms with van der Waals surface area (Å²) in [6, 6.07) is 15.7. The van der Waals surface area contributed by atoms with Gasteiger partial charge in [0.1, 0.15) is 0 Å². The Labute approximate surface area is 164 Å². The second-order valence-corrected chi connectivity index (χ2v) is 7.34. The summed E-state index contributed by atoms with van der Waals surface area (Å²) in [5, 5.41) is 5.74. The van der Waals surface area contributed by atoms with E-state index in [0.29, 0.717) is 12.0 Å². The molecule has 2 N–H and O–H groups in total. The van der Waals surface area contributed by atoms with Crippen LogP contribution in [0.4, 0.5) is 11.6 Å². The molecule has 0 aliphatic heterocycles. The average molecular weight is 376 g/mol. The molecular weight excluding hydrogens is 352 g/mol. The van der Waals surface area contributed by atoms with E-state index in [-0.39, 0.29) is 18.2 Å². The fourth-order valence-electron chi connectivity index (χ4n) is 3.93. The predicted molar refractivity (Wildman–Crippen MR) is 110 cm³/mol. The second kappa shape index (κ2) is 7.84. The number of aromatic nitrogens is 2. The van der Waals surface area contributed by atoms with Crippen molar-refractivity contribution < 1.29 is 9.59 Å².